The summed E-state index contributed by atoms with van der Waals surface area (Å²) >= 11 is 0. The molecule has 0 N–H and O–H groups in total. The summed E-state index contributed by atoms with van der Waals surface area (Å²) in [6.07, 6.45) is 7.27. The summed E-state index contributed by atoms with van der Waals surface area (Å²) < 4.78 is 2.39. The number of fused-ring (bicyclic) bond motifs is 1. The van der Waals surface area contributed by atoms with Gasteiger partial charge in [0.15, 0.2) is 0 Å². The Morgan fingerprint density at radius 3 is 2.83 bits per heavy atom. The topological polar surface area (TPSA) is 34.0 Å². The highest BCUT2D eigenvalue weighted by atomic mass is 15.3. The number of hydrogen-bond acceptors (Lipinski definition) is 3. The minimum absolute atomic E-state index is 0.384. The van der Waals surface area contributed by atoms with Crippen LogP contribution in [0.15, 0.2) is 30.3 Å². The SMILES string of the molecule is C(#Cc1ccccc1)CN1CCC[C@H]1c1nnc2n1CCCCC2. The molecule has 1 aromatic carbocycles. The third kappa shape index (κ3) is 3.22. The van der Waals surface area contributed by atoms with Crippen molar-refractivity contribution in [2.75, 3.05) is 13.1 Å². The lowest BCUT2D eigenvalue weighted by Gasteiger charge is -2.22. The molecule has 124 valence electrons. The summed E-state index contributed by atoms with van der Waals surface area (Å²) in [6, 6.07) is 10.6. The average molecular weight is 320 g/mol. The van der Waals surface area contributed by atoms with E-state index in [-0.39, 0.29) is 0 Å². The van der Waals surface area contributed by atoms with E-state index in [1.807, 2.05) is 18.2 Å². The number of hydrogen-bond donors (Lipinski definition) is 0. The van der Waals surface area contributed by atoms with Crippen molar-refractivity contribution in [3.05, 3.63) is 47.5 Å². The normalized spacial score (nSPS) is 20.9. The van der Waals surface area contributed by atoms with Gasteiger partial charge in [-0.1, -0.05) is 36.5 Å². The second-order valence-corrected chi connectivity index (χ2v) is 6.73. The highest BCUT2D eigenvalue weighted by molar-refractivity contribution is 5.33. The van der Waals surface area contributed by atoms with E-state index in [4.69, 9.17) is 0 Å². The number of likely N-dealkylation sites (tertiary alicyclic amines) is 1. The fourth-order valence-electron chi connectivity index (χ4n) is 3.83. The van der Waals surface area contributed by atoms with Gasteiger partial charge in [-0.25, -0.2) is 0 Å². The highest BCUT2D eigenvalue weighted by Crippen LogP contribution is 2.31. The Kier molecular flexibility index (Phi) is 4.62. The van der Waals surface area contributed by atoms with Crippen molar-refractivity contribution in [1.29, 1.82) is 0 Å². The van der Waals surface area contributed by atoms with Crippen LogP contribution in [0.4, 0.5) is 0 Å². The third-order valence-electron chi connectivity index (χ3n) is 5.09. The van der Waals surface area contributed by atoms with Gasteiger partial charge in [0.2, 0.25) is 0 Å². The lowest BCUT2D eigenvalue weighted by Crippen LogP contribution is -2.26. The fourth-order valence-corrected chi connectivity index (χ4v) is 3.83. The summed E-state index contributed by atoms with van der Waals surface area (Å²) in [6.45, 7) is 3.00. The molecule has 0 spiro atoms. The maximum absolute atomic E-state index is 4.56. The predicted octanol–water partition coefficient (Wildman–Crippen LogP) is 3.19. The van der Waals surface area contributed by atoms with Crippen LogP contribution in [-0.2, 0) is 13.0 Å². The summed E-state index contributed by atoms with van der Waals surface area (Å²) in [5.41, 5.74) is 1.09. The monoisotopic (exact) mass is 320 g/mol. The minimum atomic E-state index is 0.384. The third-order valence-corrected chi connectivity index (χ3v) is 5.09. The van der Waals surface area contributed by atoms with E-state index in [0.717, 1.165) is 31.6 Å². The van der Waals surface area contributed by atoms with E-state index in [1.165, 1.54) is 43.8 Å². The summed E-state index contributed by atoms with van der Waals surface area (Å²) in [5, 5.41) is 9.03. The van der Waals surface area contributed by atoms with Crippen molar-refractivity contribution in [3.63, 3.8) is 0 Å². The molecule has 1 fully saturated rings. The fraction of sp³-hybridized carbons (Fsp3) is 0.500. The molecule has 24 heavy (non-hydrogen) atoms. The van der Waals surface area contributed by atoms with Gasteiger partial charge in [0.05, 0.1) is 12.6 Å². The molecule has 4 heteroatoms. The number of rotatable bonds is 2. The van der Waals surface area contributed by atoms with E-state index in [0.29, 0.717) is 6.04 Å². The lowest BCUT2D eigenvalue weighted by molar-refractivity contribution is 0.272. The Balaban J connectivity index is 1.49. The second kappa shape index (κ2) is 7.19. The van der Waals surface area contributed by atoms with E-state index in [2.05, 4.69) is 43.6 Å². The Hall–Kier alpha value is -2.12. The molecule has 1 saturated heterocycles. The molecule has 2 aliphatic rings. The van der Waals surface area contributed by atoms with Gasteiger partial charge in [-0.2, -0.15) is 0 Å². The van der Waals surface area contributed by atoms with Crippen molar-refractivity contribution in [3.8, 4) is 11.8 Å². The molecule has 0 amide bonds. The molecule has 0 saturated carbocycles. The number of aryl methyl sites for hydroxylation is 1. The zero-order chi connectivity index (χ0) is 16.2. The van der Waals surface area contributed by atoms with Gasteiger partial charge >= 0.3 is 0 Å². The molecule has 3 heterocycles. The van der Waals surface area contributed by atoms with Gasteiger partial charge in [-0.05, 0) is 44.4 Å². The lowest BCUT2D eigenvalue weighted by atomic mass is 10.2. The van der Waals surface area contributed by atoms with Crippen molar-refractivity contribution in [2.24, 2.45) is 0 Å². The predicted molar refractivity (Wildman–Crippen MR) is 94.4 cm³/mol. The molecule has 1 atom stereocenters. The standard InChI is InChI=1S/C20H24N4/c1-3-9-17(10-4-1)11-7-14-23-15-8-12-18(23)20-22-21-19-13-5-2-6-16-24(19)20/h1,3-4,9-10,18H,2,5-6,8,12-16H2/t18-/m0/s1. The Labute approximate surface area is 143 Å². The molecule has 2 aromatic rings. The van der Waals surface area contributed by atoms with Gasteiger partial charge in [0, 0.05) is 18.5 Å². The van der Waals surface area contributed by atoms with Crippen LogP contribution < -0.4 is 0 Å². The van der Waals surface area contributed by atoms with Crippen LogP contribution in [0, 0.1) is 11.8 Å². The Bertz CT molecular complexity index is 738. The van der Waals surface area contributed by atoms with Crippen LogP contribution in [0.25, 0.3) is 0 Å². The van der Waals surface area contributed by atoms with E-state index < -0.39 is 0 Å². The zero-order valence-corrected chi connectivity index (χ0v) is 14.1. The van der Waals surface area contributed by atoms with Gasteiger partial charge < -0.3 is 4.57 Å². The van der Waals surface area contributed by atoms with E-state index in [1.54, 1.807) is 0 Å². The van der Waals surface area contributed by atoms with Crippen LogP contribution >= 0.6 is 0 Å². The summed E-state index contributed by atoms with van der Waals surface area (Å²) in [7, 11) is 0. The molecule has 2 aliphatic heterocycles. The number of nitrogens with zero attached hydrogens (tertiary/aromatic N) is 4. The van der Waals surface area contributed by atoms with Crippen molar-refractivity contribution >= 4 is 0 Å². The quantitative estimate of drug-likeness (QED) is 0.797. The molecular weight excluding hydrogens is 296 g/mol. The van der Waals surface area contributed by atoms with Crippen LogP contribution in [0.5, 0.6) is 0 Å². The summed E-state index contributed by atoms with van der Waals surface area (Å²) in [5.74, 6) is 8.98. The molecular formula is C20H24N4. The Morgan fingerprint density at radius 1 is 1.00 bits per heavy atom. The maximum Gasteiger partial charge on any atom is 0.150 e. The largest absolute Gasteiger partial charge is 0.314 e. The summed E-state index contributed by atoms with van der Waals surface area (Å²) in [4.78, 5) is 2.47. The van der Waals surface area contributed by atoms with Crippen molar-refractivity contribution < 1.29 is 0 Å². The molecule has 0 radical (unpaired) electrons. The smallest absolute Gasteiger partial charge is 0.150 e. The van der Waals surface area contributed by atoms with Gasteiger partial charge in [-0.15, -0.1) is 10.2 Å². The van der Waals surface area contributed by atoms with E-state index in [9.17, 15) is 0 Å². The van der Waals surface area contributed by atoms with Crippen LogP contribution in [0.1, 0.15) is 55.4 Å². The first-order valence-corrected chi connectivity index (χ1v) is 9.12. The van der Waals surface area contributed by atoms with Crippen LogP contribution in [-0.4, -0.2) is 32.8 Å². The Morgan fingerprint density at radius 2 is 1.92 bits per heavy atom. The second-order valence-electron chi connectivity index (χ2n) is 6.73. The number of benzene rings is 1. The van der Waals surface area contributed by atoms with Crippen LogP contribution in [0.2, 0.25) is 0 Å². The average Bonchev–Trinajstić information content (AvgIpc) is 3.16. The van der Waals surface area contributed by atoms with E-state index >= 15 is 0 Å². The van der Waals surface area contributed by atoms with Gasteiger partial charge in [-0.3, -0.25) is 4.90 Å². The highest BCUT2D eigenvalue weighted by Gasteiger charge is 2.30. The maximum atomic E-state index is 4.56. The minimum Gasteiger partial charge on any atom is -0.314 e. The zero-order valence-electron chi connectivity index (χ0n) is 14.1. The number of aromatic nitrogens is 3. The molecule has 1 aromatic heterocycles. The molecule has 4 nitrogen and oxygen atoms in total. The van der Waals surface area contributed by atoms with Crippen molar-refractivity contribution in [2.45, 2.75) is 51.1 Å². The molecule has 4 rings (SSSR count). The van der Waals surface area contributed by atoms with Crippen molar-refractivity contribution in [1.82, 2.24) is 19.7 Å². The van der Waals surface area contributed by atoms with Gasteiger partial charge in [0.1, 0.15) is 11.6 Å². The van der Waals surface area contributed by atoms with Crippen LogP contribution in [0.3, 0.4) is 0 Å². The molecule has 0 aliphatic carbocycles. The first kappa shape index (κ1) is 15.4. The molecule has 0 unspecified atom stereocenters. The molecule has 0 bridgehead atoms. The van der Waals surface area contributed by atoms with Gasteiger partial charge in [0.25, 0.3) is 0 Å². The first-order valence-electron chi connectivity index (χ1n) is 9.12. The first-order chi connectivity index (χ1) is 11.9.